The summed E-state index contributed by atoms with van der Waals surface area (Å²) in [6, 6.07) is 11.1. The Hall–Kier alpha value is -2.12. The van der Waals surface area contributed by atoms with Gasteiger partial charge in [0.1, 0.15) is 0 Å². The summed E-state index contributed by atoms with van der Waals surface area (Å²) < 4.78 is 12.8. The van der Waals surface area contributed by atoms with Gasteiger partial charge in [0.05, 0.1) is 28.4 Å². The molecule has 0 atom stereocenters. The van der Waals surface area contributed by atoms with E-state index in [2.05, 4.69) is 26.2 Å². The van der Waals surface area contributed by atoms with E-state index < -0.39 is 0 Å². The molecule has 0 radical (unpaired) electrons. The van der Waals surface area contributed by atoms with Crippen LogP contribution in [0, 0.1) is 0 Å². The molecule has 0 fully saturated rings. The molecule has 0 unspecified atom stereocenters. The van der Waals surface area contributed by atoms with E-state index >= 15 is 0 Å². The van der Waals surface area contributed by atoms with Gasteiger partial charge in [0.25, 0.3) is 5.91 Å². The molecule has 3 aromatic rings. The number of para-hydroxylation sites is 1. The van der Waals surface area contributed by atoms with Crippen molar-refractivity contribution in [3.05, 3.63) is 46.4 Å². The molecular weight excluding hydrogens is 404 g/mol. The van der Waals surface area contributed by atoms with Crippen LogP contribution in [0.5, 0.6) is 11.5 Å². The van der Waals surface area contributed by atoms with Crippen LogP contribution in [0.15, 0.2) is 40.9 Å². The molecule has 1 aromatic heterocycles. The zero-order valence-electron chi connectivity index (χ0n) is 13.8. The van der Waals surface area contributed by atoms with Crippen molar-refractivity contribution in [1.29, 1.82) is 0 Å². The number of amides is 1. The Balaban J connectivity index is 1.85. The minimum atomic E-state index is -0.250. The Morgan fingerprint density at radius 2 is 2.12 bits per heavy atom. The van der Waals surface area contributed by atoms with Crippen molar-refractivity contribution in [2.24, 2.45) is 0 Å². The molecule has 3 rings (SSSR count). The number of nitrogens with one attached hydrogen (secondary N) is 1. The van der Waals surface area contributed by atoms with Crippen LogP contribution in [-0.4, -0.2) is 24.6 Å². The number of nitrogens with zero attached hydrogens (tertiary/aromatic N) is 1. The summed E-state index contributed by atoms with van der Waals surface area (Å²) in [4.78, 5) is 17.0. The fourth-order valence-electron chi connectivity index (χ4n) is 2.29. The molecule has 0 spiro atoms. The number of benzene rings is 2. The second-order valence-electron chi connectivity index (χ2n) is 5.28. The molecule has 25 heavy (non-hydrogen) atoms. The van der Waals surface area contributed by atoms with E-state index in [1.807, 2.05) is 31.2 Å². The van der Waals surface area contributed by atoms with Crippen molar-refractivity contribution in [3.63, 3.8) is 0 Å². The highest BCUT2D eigenvalue weighted by atomic mass is 79.9. The smallest absolute Gasteiger partial charge is 0.257 e. The summed E-state index contributed by atoms with van der Waals surface area (Å²) in [7, 11) is 1.55. The summed E-state index contributed by atoms with van der Waals surface area (Å²) in [5.41, 5.74) is 1.33. The summed E-state index contributed by atoms with van der Waals surface area (Å²) in [6.45, 7) is 2.60. The Morgan fingerprint density at radius 1 is 1.32 bits per heavy atom. The Bertz CT molecular complexity index is 877. The van der Waals surface area contributed by atoms with E-state index in [-0.39, 0.29) is 5.91 Å². The third-order valence-electron chi connectivity index (χ3n) is 3.46. The van der Waals surface area contributed by atoms with Crippen LogP contribution in [0.2, 0.25) is 0 Å². The van der Waals surface area contributed by atoms with E-state index in [0.717, 1.165) is 16.6 Å². The topological polar surface area (TPSA) is 60.5 Å². The van der Waals surface area contributed by atoms with Crippen LogP contribution in [0.3, 0.4) is 0 Å². The highest BCUT2D eigenvalue weighted by Gasteiger charge is 2.16. The molecule has 7 heteroatoms. The average Bonchev–Trinajstić information content (AvgIpc) is 3.02. The van der Waals surface area contributed by atoms with Crippen LogP contribution in [0.1, 0.15) is 23.7 Å². The number of carbonyl (C=O) groups excluding carboxylic acids is 1. The standard InChI is InChI=1S/C18H17BrN2O3S/c1-3-8-24-16-12(19)9-11(10-14(16)23-2)17(22)21-18-20-13-6-4-5-7-15(13)25-18/h4-7,9-10H,3,8H2,1-2H3,(H,20,21,22). The molecule has 130 valence electrons. The van der Waals surface area contributed by atoms with Gasteiger partial charge in [0.2, 0.25) is 0 Å². The van der Waals surface area contributed by atoms with Crippen molar-refractivity contribution in [3.8, 4) is 11.5 Å². The number of aromatic nitrogens is 1. The number of ether oxygens (including phenoxy) is 2. The summed E-state index contributed by atoms with van der Waals surface area (Å²) in [5.74, 6) is 0.859. The second-order valence-corrected chi connectivity index (χ2v) is 7.16. The number of thiazole rings is 1. The van der Waals surface area contributed by atoms with Gasteiger partial charge in [0, 0.05) is 5.56 Å². The fraction of sp³-hybridized carbons (Fsp3) is 0.222. The molecule has 0 saturated heterocycles. The third-order valence-corrected chi connectivity index (χ3v) is 5.00. The van der Waals surface area contributed by atoms with Crippen LogP contribution >= 0.6 is 27.3 Å². The molecule has 0 saturated carbocycles. The predicted molar refractivity (Wildman–Crippen MR) is 104 cm³/mol. The van der Waals surface area contributed by atoms with Crippen molar-refractivity contribution in [1.82, 2.24) is 4.98 Å². The molecule has 2 aromatic carbocycles. The monoisotopic (exact) mass is 420 g/mol. The van der Waals surface area contributed by atoms with Crippen LogP contribution < -0.4 is 14.8 Å². The fourth-order valence-corrected chi connectivity index (χ4v) is 3.71. The molecule has 0 aliphatic carbocycles. The molecule has 5 nitrogen and oxygen atoms in total. The first-order valence-electron chi connectivity index (χ1n) is 7.79. The van der Waals surface area contributed by atoms with Gasteiger partial charge in [-0.15, -0.1) is 0 Å². The van der Waals surface area contributed by atoms with Gasteiger partial charge >= 0.3 is 0 Å². The molecule has 1 amide bonds. The van der Waals surface area contributed by atoms with Crippen molar-refractivity contribution < 1.29 is 14.3 Å². The summed E-state index contributed by atoms with van der Waals surface area (Å²) in [6.07, 6.45) is 0.884. The predicted octanol–water partition coefficient (Wildman–Crippen LogP) is 5.11. The molecular formula is C18H17BrN2O3S. The van der Waals surface area contributed by atoms with E-state index in [9.17, 15) is 4.79 Å². The largest absolute Gasteiger partial charge is 0.493 e. The lowest BCUT2D eigenvalue weighted by Crippen LogP contribution is -2.12. The van der Waals surface area contributed by atoms with Gasteiger partial charge in [-0.2, -0.15) is 0 Å². The first-order chi connectivity index (χ1) is 12.1. The minimum Gasteiger partial charge on any atom is -0.493 e. The first kappa shape index (κ1) is 17.7. The van der Waals surface area contributed by atoms with Gasteiger partial charge < -0.3 is 9.47 Å². The Morgan fingerprint density at radius 3 is 2.84 bits per heavy atom. The van der Waals surface area contributed by atoms with Gasteiger partial charge in [-0.05, 0) is 46.6 Å². The van der Waals surface area contributed by atoms with Gasteiger partial charge in [-0.3, -0.25) is 10.1 Å². The zero-order valence-corrected chi connectivity index (χ0v) is 16.2. The van der Waals surface area contributed by atoms with Gasteiger partial charge in [-0.25, -0.2) is 4.98 Å². The number of methoxy groups -OCH3 is 1. The quantitative estimate of drug-likeness (QED) is 0.601. The van der Waals surface area contributed by atoms with Crippen LogP contribution in [0.25, 0.3) is 10.2 Å². The maximum absolute atomic E-state index is 12.6. The van der Waals surface area contributed by atoms with E-state index in [0.29, 0.717) is 33.3 Å². The molecule has 1 heterocycles. The SMILES string of the molecule is CCCOc1c(Br)cc(C(=O)Nc2nc3ccccc3s2)cc1OC. The molecule has 0 aliphatic heterocycles. The Kier molecular flexibility index (Phi) is 5.55. The number of hydrogen-bond donors (Lipinski definition) is 1. The van der Waals surface area contributed by atoms with Crippen molar-refractivity contribution in [2.45, 2.75) is 13.3 Å². The maximum atomic E-state index is 12.6. The van der Waals surface area contributed by atoms with Gasteiger partial charge in [-0.1, -0.05) is 30.4 Å². The number of carbonyl (C=O) groups is 1. The number of halogens is 1. The normalized spacial score (nSPS) is 10.7. The van der Waals surface area contributed by atoms with E-state index in [1.165, 1.54) is 11.3 Å². The number of anilines is 1. The van der Waals surface area contributed by atoms with Crippen LogP contribution in [0.4, 0.5) is 5.13 Å². The summed E-state index contributed by atoms with van der Waals surface area (Å²) >= 11 is 4.89. The van der Waals surface area contributed by atoms with E-state index in [4.69, 9.17) is 9.47 Å². The van der Waals surface area contributed by atoms with Gasteiger partial charge in [0.15, 0.2) is 16.6 Å². The average molecular weight is 421 g/mol. The lowest BCUT2D eigenvalue weighted by Gasteiger charge is -2.13. The number of hydrogen-bond acceptors (Lipinski definition) is 5. The van der Waals surface area contributed by atoms with Crippen LogP contribution in [-0.2, 0) is 0 Å². The Labute approximate surface area is 158 Å². The van der Waals surface area contributed by atoms with E-state index in [1.54, 1.807) is 19.2 Å². The lowest BCUT2D eigenvalue weighted by atomic mass is 10.2. The number of fused-ring (bicyclic) bond motifs is 1. The highest BCUT2D eigenvalue weighted by Crippen LogP contribution is 2.37. The molecule has 0 aliphatic rings. The first-order valence-corrected chi connectivity index (χ1v) is 9.40. The molecule has 1 N–H and O–H groups in total. The highest BCUT2D eigenvalue weighted by molar-refractivity contribution is 9.10. The van der Waals surface area contributed by atoms with Crippen molar-refractivity contribution in [2.75, 3.05) is 19.0 Å². The third kappa shape index (κ3) is 3.93. The second kappa shape index (κ2) is 7.84. The lowest BCUT2D eigenvalue weighted by molar-refractivity contribution is 0.102. The zero-order chi connectivity index (χ0) is 17.8. The molecule has 0 bridgehead atoms. The van der Waals surface area contributed by atoms with Crippen molar-refractivity contribution >= 4 is 48.5 Å². The number of rotatable bonds is 6. The summed E-state index contributed by atoms with van der Waals surface area (Å²) in [5, 5.41) is 3.40. The minimum absolute atomic E-state index is 0.250. The maximum Gasteiger partial charge on any atom is 0.257 e.